The fourth-order valence-corrected chi connectivity index (χ4v) is 18.8. The highest BCUT2D eigenvalue weighted by molar-refractivity contribution is 14.1. The normalized spacial score (nSPS) is 13.2. The van der Waals surface area contributed by atoms with Crippen LogP contribution in [0.3, 0.4) is 0 Å². The van der Waals surface area contributed by atoms with Crippen LogP contribution >= 0.6 is 30.5 Å². The van der Waals surface area contributed by atoms with E-state index in [4.69, 9.17) is 11.3 Å². The van der Waals surface area contributed by atoms with Gasteiger partial charge in [0, 0.05) is 47.4 Å². The Bertz CT molecular complexity index is 5050. The number of fused-ring (bicyclic) bond motifs is 14. The lowest BCUT2D eigenvalue weighted by atomic mass is 9.99. The first-order chi connectivity index (χ1) is 46.9. The highest BCUT2D eigenvalue weighted by Crippen LogP contribution is 2.57. The number of rotatable bonds is 6. The first kappa shape index (κ1) is 63.9. The van der Waals surface area contributed by atoms with E-state index in [0.29, 0.717) is 11.3 Å². The Morgan fingerprint density at radius 2 is 0.832 bits per heavy atom. The van der Waals surface area contributed by atoms with Crippen LogP contribution in [-0.2, 0) is 0 Å². The minimum Gasteiger partial charge on any atom is -0.496 e. The van der Waals surface area contributed by atoms with Crippen LogP contribution in [0, 0.1) is 28.4 Å². The van der Waals surface area contributed by atoms with Crippen molar-refractivity contribution in [3.05, 3.63) is 311 Å². The predicted molar refractivity (Wildman–Crippen MR) is 415 cm³/mol. The zero-order valence-electron chi connectivity index (χ0n) is 53.9. The molecule has 1 N–H and O–H groups in total. The Morgan fingerprint density at radius 1 is 0.442 bits per heavy atom. The molecule has 16 rings (SSSR count). The molecule has 2 fully saturated rings. The number of hydrogen-bond acceptors (Lipinski definition) is 2. The molecule has 7 heteroatoms. The van der Waals surface area contributed by atoms with Crippen LogP contribution in [-0.4, -0.2) is 28.0 Å². The monoisotopic (exact) mass is 1360 g/mol. The molecule has 5 nitrogen and oxygen atoms in total. The number of aromatic amines is 1. The van der Waals surface area contributed by atoms with Gasteiger partial charge in [-0.15, -0.1) is 0 Å². The number of H-pyrrole nitrogens is 1. The molecule has 2 aliphatic carbocycles. The fourth-order valence-electron chi connectivity index (χ4n) is 14.5. The van der Waals surface area contributed by atoms with Crippen LogP contribution in [0.15, 0.2) is 285 Å². The van der Waals surface area contributed by atoms with E-state index < -0.39 is 0 Å². The summed E-state index contributed by atoms with van der Waals surface area (Å²) in [7, 11) is 1.69. The van der Waals surface area contributed by atoms with Crippen LogP contribution in [0.2, 0.25) is 0 Å². The molecule has 95 heavy (non-hydrogen) atoms. The summed E-state index contributed by atoms with van der Waals surface area (Å²) in [5, 5.41) is 25.7. The lowest BCUT2D eigenvalue weighted by Gasteiger charge is -2.39. The van der Waals surface area contributed by atoms with Crippen molar-refractivity contribution in [1.82, 2.24) is 9.55 Å². The van der Waals surface area contributed by atoms with Crippen molar-refractivity contribution in [3.63, 3.8) is 0 Å². The molecule has 14 aromatic rings. The molecule has 466 valence electrons. The van der Waals surface area contributed by atoms with Crippen molar-refractivity contribution >= 4 is 128 Å². The van der Waals surface area contributed by atoms with Crippen LogP contribution in [0.4, 0.5) is 5.69 Å². The van der Waals surface area contributed by atoms with Gasteiger partial charge in [-0.3, -0.25) is 0 Å². The number of ether oxygens (including phenoxy) is 1. The molecule has 0 spiro atoms. The summed E-state index contributed by atoms with van der Waals surface area (Å²) in [6, 6.07) is 102. The van der Waals surface area contributed by atoms with E-state index in [1.807, 2.05) is 55.6 Å². The van der Waals surface area contributed by atoms with Gasteiger partial charge < -0.3 is 14.3 Å². The number of nitrogens with zero attached hydrogens (tertiary/aromatic N) is 3. The molecule has 2 heterocycles. The Hall–Kier alpha value is -9.82. The fraction of sp³-hybridized carbons (Fsp3) is 0.159. The van der Waals surface area contributed by atoms with Crippen molar-refractivity contribution in [2.75, 3.05) is 7.11 Å². The summed E-state index contributed by atoms with van der Waals surface area (Å²) in [6.07, 6.45) is 14.4. The minimum absolute atomic E-state index is 0.122. The number of aromatic nitrogens is 2. The number of methoxy groups -OCH3 is 1. The molecule has 2 aliphatic rings. The van der Waals surface area contributed by atoms with Crippen molar-refractivity contribution in [2.24, 2.45) is 0 Å². The zero-order chi connectivity index (χ0) is 64.9. The third kappa shape index (κ3) is 14.0. The van der Waals surface area contributed by atoms with Gasteiger partial charge in [0.2, 0.25) is 0 Å². The maximum atomic E-state index is 9.33. The molecule has 0 unspecified atom stereocenters. The van der Waals surface area contributed by atoms with Gasteiger partial charge in [-0.2, -0.15) is 5.26 Å². The summed E-state index contributed by atoms with van der Waals surface area (Å²) in [6.45, 7) is 8.87. The summed E-state index contributed by atoms with van der Waals surface area (Å²) < 4.78 is 9.29. The SMILES string of the molecule is COc1cccc(C)c1-c1ccccc1P(C1CCCCC1)C1CCCCC1.N#Cc1ccc(-n2c3ccccc3c3ccccc3c3ccccc3c3ccccc32)cc1.[C-]#[N+]c1ccc(I)cc1.c1ccc2c(c1)[nH]c1ccccc1c1ccccc1c1ccccc21. The quantitative estimate of drug-likeness (QED) is 0.102. The smallest absolute Gasteiger partial charge is 0.187 e. The second-order valence-electron chi connectivity index (χ2n) is 24.7. The van der Waals surface area contributed by atoms with E-state index >= 15 is 0 Å². The Kier molecular flexibility index (Phi) is 20.5. The second-order valence-corrected chi connectivity index (χ2v) is 28.7. The highest BCUT2D eigenvalue weighted by atomic mass is 127. The highest BCUT2D eigenvalue weighted by Gasteiger charge is 2.34. The summed E-state index contributed by atoms with van der Waals surface area (Å²) in [5.41, 5.74) is 12.8. The van der Waals surface area contributed by atoms with Crippen molar-refractivity contribution in [3.8, 4) is 28.6 Å². The Balaban J connectivity index is 0.000000122. The molecular weight excluding hydrogens is 1290 g/mol. The van der Waals surface area contributed by atoms with Crippen molar-refractivity contribution in [2.45, 2.75) is 82.4 Å². The van der Waals surface area contributed by atoms with E-state index in [1.165, 1.54) is 149 Å². The summed E-state index contributed by atoms with van der Waals surface area (Å²) in [5.74, 6) is 1.02. The second kappa shape index (κ2) is 30.5. The molecule has 0 atom stereocenters. The Morgan fingerprint density at radius 3 is 1.27 bits per heavy atom. The Labute approximate surface area is 573 Å². The van der Waals surface area contributed by atoms with Gasteiger partial charge in [0.25, 0.3) is 0 Å². The van der Waals surface area contributed by atoms with E-state index in [2.05, 4.69) is 287 Å². The van der Waals surface area contributed by atoms with Gasteiger partial charge in [0.05, 0.1) is 36.3 Å². The van der Waals surface area contributed by atoms with Crippen LogP contribution in [0.1, 0.15) is 75.3 Å². The topological polar surface area (TPSA) is 58.1 Å². The lowest BCUT2D eigenvalue weighted by molar-refractivity contribution is 0.416. The first-order valence-corrected chi connectivity index (χ1v) is 35.9. The van der Waals surface area contributed by atoms with Crippen molar-refractivity contribution in [1.29, 1.82) is 5.26 Å². The first-order valence-electron chi connectivity index (χ1n) is 33.3. The molecular formula is C88H76IN4OP. The maximum absolute atomic E-state index is 9.33. The molecule has 0 aliphatic heterocycles. The number of para-hydroxylation sites is 4. The molecule has 0 bridgehead atoms. The molecule has 0 saturated heterocycles. The molecule has 0 amide bonds. The predicted octanol–water partition coefficient (Wildman–Crippen LogP) is 25.1. The average molecular weight is 1360 g/mol. The summed E-state index contributed by atoms with van der Waals surface area (Å²) in [4.78, 5) is 6.92. The van der Waals surface area contributed by atoms with Gasteiger partial charge in [0.1, 0.15) is 5.75 Å². The van der Waals surface area contributed by atoms with E-state index in [9.17, 15) is 5.26 Å². The van der Waals surface area contributed by atoms with Crippen LogP contribution < -0.4 is 10.0 Å². The maximum Gasteiger partial charge on any atom is 0.187 e. The zero-order valence-corrected chi connectivity index (χ0v) is 57.0. The number of hydrogen-bond donors (Lipinski definition) is 1. The number of nitriles is 1. The van der Waals surface area contributed by atoms with E-state index in [0.717, 1.165) is 44.8 Å². The van der Waals surface area contributed by atoms with Crippen molar-refractivity contribution < 1.29 is 4.74 Å². The number of aryl methyl sites for hydroxylation is 1. The lowest BCUT2D eigenvalue weighted by Crippen LogP contribution is -2.27. The van der Waals surface area contributed by atoms with Gasteiger partial charge >= 0.3 is 0 Å². The number of nitrogens with one attached hydrogen (secondary N) is 1. The van der Waals surface area contributed by atoms with Gasteiger partial charge in [-0.1, -0.05) is 277 Å². The van der Waals surface area contributed by atoms with E-state index in [-0.39, 0.29) is 7.92 Å². The standard InChI is InChI=1S/C31H20N2.C26H35OP.C24H17N.C7H4IN/c32-21-22-17-19-23(20-18-22)33-30-15-7-5-13-28(30)26-11-3-1-9-24(26)25-10-2-4-12-27(25)29-14-6-8-16-31(29)33;1-20-12-11-18-24(27-2)26(20)23-17-9-10-19-25(23)28(21-13-5-3-6-14-21)22-15-7-4-8-16-22;1-3-11-19-17(9-1)18-10-2-4-12-20(18)22-14-6-8-16-24(22)25-23-15-7-5-13-21(19)23;1-9-7-4-2-6(8)3-5-7/h1-20H;9-12,17-19,21-22H,3-8,13-16H2,1-2H3;1-16,25H;2-5H. The van der Waals surface area contributed by atoms with Crippen LogP contribution in [0.5, 0.6) is 5.75 Å². The largest absolute Gasteiger partial charge is 0.496 e. The van der Waals surface area contributed by atoms with E-state index in [1.54, 1.807) is 5.30 Å². The number of halogens is 1. The third-order valence-corrected chi connectivity index (χ3v) is 23.2. The minimum atomic E-state index is -0.122. The number of benzene rings is 12. The third-order valence-electron chi connectivity index (χ3n) is 18.9. The molecule has 2 aromatic heterocycles. The molecule has 12 aromatic carbocycles. The molecule has 2 saturated carbocycles. The van der Waals surface area contributed by atoms with Crippen LogP contribution in [0.25, 0.3) is 108 Å². The average Bonchev–Trinajstić information content (AvgIpc) is 1.70. The van der Waals surface area contributed by atoms with Gasteiger partial charge in [0.15, 0.2) is 5.69 Å². The summed E-state index contributed by atoms with van der Waals surface area (Å²) >= 11 is 2.21. The van der Waals surface area contributed by atoms with Gasteiger partial charge in [-0.05, 0) is 181 Å². The molecule has 0 radical (unpaired) electrons. The van der Waals surface area contributed by atoms with Gasteiger partial charge in [-0.25, -0.2) is 4.85 Å².